The number of methoxy groups -OCH3 is 1. The number of phenolic OH excluding ortho intramolecular Hbond substituents is 1. The molecule has 0 bridgehead atoms. The number of anilines is 2. The van der Waals surface area contributed by atoms with Crippen molar-refractivity contribution in [3.05, 3.63) is 77.4 Å². The molecule has 3 aromatic carbocycles. The van der Waals surface area contributed by atoms with E-state index in [2.05, 4.69) is 10.3 Å². The summed E-state index contributed by atoms with van der Waals surface area (Å²) in [6, 6.07) is 16.4. The molecule has 0 saturated carbocycles. The van der Waals surface area contributed by atoms with Crippen molar-refractivity contribution in [2.45, 2.75) is 51.6 Å². The van der Waals surface area contributed by atoms with Gasteiger partial charge >= 0.3 is 6.03 Å². The maximum Gasteiger partial charge on any atom is 0.332 e. The molecule has 6 N–H and O–H groups in total. The number of benzene rings is 3. The first kappa shape index (κ1) is 31.9. The highest BCUT2D eigenvalue weighted by Crippen LogP contribution is 2.33. The third-order valence-electron chi connectivity index (χ3n) is 8.54. The number of aromatic hydroxyl groups is 1. The van der Waals surface area contributed by atoms with E-state index in [1.54, 1.807) is 39.1 Å². The molecule has 6 rings (SSSR count). The maximum atomic E-state index is 14.3. The van der Waals surface area contributed by atoms with Gasteiger partial charge in [0.05, 0.1) is 36.1 Å². The van der Waals surface area contributed by atoms with Crippen molar-refractivity contribution in [2.75, 3.05) is 31.7 Å². The molecule has 13 nitrogen and oxygen atoms in total. The van der Waals surface area contributed by atoms with E-state index in [9.17, 15) is 19.5 Å². The number of hydrogen-bond acceptors (Lipinski definition) is 10. The van der Waals surface area contributed by atoms with Crippen LogP contribution in [0, 0.1) is 0 Å². The highest BCUT2D eigenvalue weighted by Gasteiger charge is 2.52. The van der Waals surface area contributed by atoms with Gasteiger partial charge in [0, 0.05) is 25.6 Å². The fourth-order valence-corrected chi connectivity index (χ4v) is 7.11. The molecule has 3 heterocycles. The fraction of sp³-hybridized carbons (Fsp3) is 0.333. The predicted octanol–water partition coefficient (Wildman–Crippen LogP) is 3.13. The number of hydrazine groups is 1. The second-order valence-electron chi connectivity index (χ2n) is 12.0. The lowest BCUT2D eigenvalue weighted by Gasteiger charge is -2.47. The van der Waals surface area contributed by atoms with Crippen LogP contribution in [0.15, 0.2) is 60.7 Å². The van der Waals surface area contributed by atoms with Gasteiger partial charge in [0.25, 0.3) is 0 Å². The Morgan fingerprint density at radius 1 is 1.13 bits per heavy atom. The lowest BCUT2D eigenvalue weighted by molar-refractivity contribution is -0.158. The van der Waals surface area contributed by atoms with Crippen molar-refractivity contribution < 1.29 is 24.2 Å². The monoisotopic (exact) mass is 658 g/mol. The van der Waals surface area contributed by atoms with Crippen molar-refractivity contribution in [1.82, 2.24) is 30.1 Å². The third-order valence-corrected chi connectivity index (χ3v) is 9.39. The number of nitrogens with two attached hydrogens (primary N) is 2. The zero-order valence-electron chi connectivity index (χ0n) is 26.4. The number of ether oxygens (including phenoxy) is 1. The SMILES string of the molecule is COc1ccc(CNC(=O)N(C(C)C)N2CC(=O)N3C(Cc4ccc(O)c(N)c4)C(=O)N(Cc4cccc5sc(N)nc45)C[C@@H]32)cc1. The van der Waals surface area contributed by atoms with Crippen molar-refractivity contribution >= 4 is 50.2 Å². The molecule has 1 aromatic heterocycles. The number of rotatable bonds is 9. The Labute approximate surface area is 276 Å². The van der Waals surface area contributed by atoms with Crippen LogP contribution >= 0.6 is 11.3 Å². The molecular formula is C33H38N8O5S. The van der Waals surface area contributed by atoms with Gasteiger partial charge in [-0.15, -0.1) is 0 Å². The number of carbonyl (C=O) groups excluding carboxylic acids is 3. The zero-order chi connectivity index (χ0) is 33.4. The van der Waals surface area contributed by atoms with E-state index in [1.807, 2.05) is 56.3 Å². The van der Waals surface area contributed by atoms with Crippen molar-refractivity contribution in [2.24, 2.45) is 0 Å². The van der Waals surface area contributed by atoms with Crippen LogP contribution in [0.2, 0.25) is 0 Å². The number of nitrogens with one attached hydrogen (secondary N) is 1. The van der Waals surface area contributed by atoms with Crippen LogP contribution in [0.5, 0.6) is 11.5 Å². The van der Waals surface area contributed by atoms with E-state index >= 15 is 0 Å². The number of phenols is 1. The van der Waals surface area contributed by atoms with Gasteiger partial charge in [0.2, 0.25) is 11.8 Å². The zero-order valence-corrected chi connectivity index (χ0v) is 27.2. The molecular weight excluding hydrogens is 620 g/mol. The van der Waals surface area contributed by atoms with E-state index in [0.29, 0.717) is 10.7 Å². The Balaban J connectivity index is 1.31. The van der Waals surface area contributed by atoms with Gasteiger partial charge in [0.15, 0.2) is 5.13 Å². The van der Waals surface area contributed by atoms with Gasteiger partial charge in [-0.1, -0.05) is 41.7 Å². The molecule has 246 valence electrons. The first-order valence-electron chi connectivity index (χ1n) is 15.3. The number of fused-ring (bicyclic) bond motifs is 2. The van der Waals surface area contributed by atoms with E-state index in [-0.39, 0.29) is 67.9 Å². The fourth-order valence-electron chi connectivity index (χ4n) is 6.32. The molecule has 14 heteroatoms. The van der Waals surface area contributed by atoms with Gasteiger partial charge in [0.1, 0.15) is 23.7 Å². The second-order valence-corrected chi connectivity index (χ2v) is 13.0. The number of urea groups is 1. The summed E-state index contributed by atoms with van der Waals surface area (Å²) in [5, 5.41) is 16.7. The highest BCUT2D eigenvalue weighted by atomic mass is 32.1. The lowest BCUT2D eigenvalue weighted by Crippen LogP contribution is -2.66. The Morgan fingerprint density at radius 2 is 1.87 bits per heavy atom. The van der Waals surface area contributed by atoms with Crippen molar-refractivity contribution in [3.8, 4) is 11.5 Å². The number of nitrogen functional groups attached to an aromatic ring is 2. The predicted molar refractivity (Wildman–Crippen MR) is 179 cm³/mol. The Hall–Kier alpha value is -5.08. The average Bonchev–Trinajstić information content (AvgIpc) is 3.58. The molecule has 0 spiro atoms. The Morgan fingerprint density at radius 3 is 2.57 bits per heavy atom. The minimum absolute atomic E-state index is 0.0597. The summed E-state index contributed by atoms with van der Waals surface area (Å²) < 4.78 is 6.15. The number of thiazole rings is 1. The molecule has 0 radical (unpaired) electrons. The highest BCUT2D eigenvalue weighted by molar-refractivity contribution is 7.22. The van der Waals surface area contributed by atoms with Gasteiger partial charge in [-0.05, 0) is 60.9 Å². The molecule has 2 saturated heterocycles. The number of carbonyl (C=O) groups is 3. The van der Waals surface area contributed by atoms with Crippen LogP contribution in [-0.2, 0) is 29.1 Å². The Kier molecular flexibility index (Phi) is 8.80. The summed E-state index contributed by atoms with van der Waals surface area (Å²) >= 11 is 1.38. The van der Waals surface area contributed by atoms with Crippen LogP contribution in [0.3, 0.4) is 0 Å². The van der Waals surface area contributed by atoms with Crippen LogP contribution in [0.4, 0.5) is 15.6 Å². The van der Waals surface area contributed by atoms with E-state index in [1.165, 1.54) is 17.4 Å². The quantitative estimate of drug-likeness (QED) is 0.156. The second kappa shape index (κ2) is 13.0. The summed E-state index contributed by atoms with van der Waals surface area (Å²) in [7, 11) is 1.60. The van der Waals surface area contributed by atoms with Gasteiger partial charge < -0.3 is 36.4 Å². The molecule has 4 aromatic rings. The molecule has 1 unspecified atom stereocenters. The minimum atomic E-state index is -0.869. The number of hydrogen-bond donors (Lipinski definition) is 4. The first-order chi connectivity index (χ1) is 22.5. The van der Waals surface area contributed by atoms with Crippen LogP contribution in [0.25, 0.3) is 10.2 Å². The van der Waals surface area contributed by atoms with Crippen LogP contribution < -0.4 is 21.5 Å². The molecule has 2 aliphatic rings. The molecule has 2 atom stereocenters. The minimum Gasteiger partial charge on any atom is -0.506 e. The van der Waals surface area contributed by atoms with Crippen molar-refractivity contribution in [3.63, 3.8) is 0 Å². The number of amides is 4. The molecule has 47 heavy (non-hydrogen) atoms. The van der Waals surface area contributed by atoms with Gasteiger partial charge in [-0.3, -0.25) is 14.6 Å². The largest absolute Gasteiger partial charge is 0.506 e. The summed E-state index contributed by atoms with van der Waals surface area (Å²) in [5.41, 5.74) is 15.3. The Bertz CT molecular complexity index is 1810. The van der Waals surface area contributed by atoms with Crippen molar-refractivity contribution in [1.29, 1.82) is 0 Å². The summed E-state index contributed by atoms with van der Waals surface area (Å²) in [4.78, 5) is 49.6. The van der Waals surface area contributed by atoms with Gasteiger partial charge in [-0.2, -0.15) is 5.01 Å². The average molecular weight is 659 g/mol. The maximum absolute atomic E-state index is 14.3. The first-order valence-corrected chi connectivity index (χ1v) is 16.1. The van der Waals surface area contributed by atoms with E-state index < -0.39 is 12.2 Å². The molecule has 0 aliphatic carbocycles. The molecule has 2 fully saturated rings. The normalized spacial score (nSPS) is 18.2. The number of piperazine rings is 1. The lowest BCUT2D eigenvalue weighted by atomic mass is 9.99. The van der Waals surface area contributed by atoms with E-state index in [4.69, 9.17) is 16.2 Å². The molecule has 2 aliphatic heterocycles. The number of nitrogens with zero attached hydrogens (tertiary/aromatic N) is 5. The third kappa shape index (κ3) is 6.33. The molecule has 4 amide bonds. The smallest absolute Gasteiger partial charge is 0.332 e. The van der Waals surface area contributed by atoms with E-state index in [0.717, 1.165) is 27.1 Å². The van der Waals surface area contributed by atoms with Gasteiger partial charge in [-0.25, -0.2) is 9.78 Å². The van der Waals surface area contributed by atoms with Crippen LogP contribution in [0.1, 0.15) is 30.5 Å². The number of para-hydroxylation sites is 1. The standard InChI is InChI=1S/C33H38N8O5S/c1-19(2)41(33(45)36-15-20-7-10-23(46-3)11-8-20)39-18-29(43)40-25(14-21-9-12-26(42)24(34)13-21)31(44)38(17-28(39)40)16-22-5-4-6-27-30(22)37-32(35)47-27/h4-13,19,25,28,42H,14-18,34H2,1-3H3,(H2,35,37)(H,36,45)/t25?,28-/m1/s1. The summed E-state index contributed by atoms with van der Waals surface area (Å²) in [6.07, 6.45) is -0.441. The summed E-state index contributed by atoms with van der Waals surface area (Å²) in [6.45, 7) is 4.38. The number of aromatic nitrogens is 1. The summed E-state index contributed by atoms with van der Waals surface area (Å²) in [5.74, 6) is 0.163. The topological polar surface area (TPSA) is 171 Å². The van der Waals surface area contributed by atoms with Crippen LogP contribution in [-0.4, -0.2) is 86.2 Å².